The third-order valence-corrected chi connectivity index (χ3v) is 5.24. The van der Waals surface area contributed by atoms with E-state index in [0.717, 1.165) is 32.0 Å². The molecule has 2 N–H and O–H groups in total. The van der Waals surface area contributed by atoms with E-state index in [-0.39, 0.29) is 11.6 Å². The van der Waals surface area contributed by atoms with Crippen molar-refractivity contribution in [2.75, 3.05) is 0 Å². The van der Waals surface area contributed by atoms with Crippen LogP contribution >= 0.6 is 0 Å². The zero-order chi connectivity index (χ0) is 17.2. The molecule has 0 saturated carbocycles. The molecule has 0 aliphatic carbocycles. The molecular weight excluding hydrogens is 302 g/mol. The minimum atomic E-state index is -0.195. The van der Waals surface area contributed by atoms with Crippen molar-refractivity contribution in [1.29, 1.82) is 0 Å². The lowest BCUT2D eigenvalue weighted by Gasteiger charge is -2.08. The van der Waals surface area contributed by atoms with Gasteiger partial charge in [0, 0.05) is 11.6 Å². The summed E-state index contributed by atoms with van der Waals surface area (Å²) in [6, 6.07) is 7.77. The van der Waals surface area contributed by atoms with Crippen molar-refractivity contribution in [3.05, 3.63) is 35.4 Å². The largest absolute Gasteiger partial charge is 0.298 e. The number of hydrogen-bond donors (Lipinski definition) is 2. The number of amides is 1. The van der Waals surface area contributed by atoms with Gasteiger partial charge in [-0.1, -0.05) is 57.7 Å². The summed E-state index contributed by atoms with van der Waals surface area (Å²) in [5, 5.41) is 5.67. The molecule has 1 amide bonds. The zero-order valence-corrected chi connectivity index (χ0v) is 14.5. The molecule has 0 aromatic heterocycles. The predicted octanol–water partition coefficient (Wildman–Crippen LogP) is 2.88. The van der Waals surface area contributed by atoms with Gasteiger partial charge in [-0.3, -0.25) is 20.3 Å². The summed E-state index contributed by atoms with van der Waals surface area (Å²) in [4.78, 5) is 23.7. The van der Waals surface area contributed by atoms with Crippen molar-refractivity contribution in [1.82, 2.24) is 15.8 Å². The Balaban J connectivity index is 1.67. The van der Waals surface area contributed by atoms with Gasteiger partial charge in [0.25, 0.3) is 5.91 Å². The number of nitrogens with one attached hydrogen (secondary N) is 2. The molecule has 2 heterocycles. The molecule has 2 aliphatic heterocycles. The van der Waals surface area contributed by atoms with Gasteiger partial charge >= 0.3 is 0 Å². The van der Waals surface area contributed by atoms with Crippen LogP contribution in [0.25, 0.3) is 0 Å². The van der Waals surface area contributed by atoms with Crippen molar-refractivity contribution < 1.29 is 9.59 Å². The zero-order valence-electron chi connectivity index (χ0n) is 14.5. The monoisotopic (exact) mass is 329 g/mol. The van der Waals surface area contributed by atoms with E-state index in [1.165, 1.54) is 12.8 Å². The maximum absolute atomic E-state index is 12.6. The lowest BCUT2D eigenvalue weighted by atomic mass is 10.1. The van der Waals surface area contributed by atoms with Crippen LogP contribution in [0, 0.1) is 0 Å². The number of unbranched alkanes of at least 4 members (excludes halogenated alkanes) is 2. The average molecular weight is 329 g/mol. The molecule has 2 aliphatic rings. The van der Waals surface area contributed by atoms with Gasteiger partial charge in [0.1, 0.15) is 5.66 Å². The summed E-state index contributed by atoms with van der Waals surface area (Å²) in [5.74, 6) is -0.195. The van der Waals surface area contributed by atoms with Crippen LogP contribution in [0.15, 0.2) is 24.3 Å². The summed E-state index contributed by atoms with van der Waals surface area (Å²) in [5.41, 5.74) is 3.88. The van der Waals surface area contributed by atoms with E-state index >= 15 is 0 Å². The quantitative estimate of drug-likeness (QED) is 0.540. The number of aldehydes is 1. The van der Waals surface area contributed by atoms with Gasteiger partial charge in [-0.25, -0.2) is 0 Å². The second kappa shape index (κ2) is 7.03. The molecule has 0 bridgehead atoms. The summed E-state index contributed by atoms with van der Waals surface area (Å²) in [7, 11) is 0. The Morgan fingerprint density at radius 1 is 1.25 bits per heavy atom. The third kappa shape index (κ3) is 2.98. The minimum absolute atomic E-state index is 0.0316. The van der Waals surface area contributed by atoms with Crippen molar-refractivity contribution in [2.45, 2.75) is 70.1 Å². The molecule has 5 heteroatoms. The molecule has 2 fully saturated rings. The molecule has 1 unspecified atom stereocenters. The first kappa shape index (κ1) is 17.1. The van der Waals surface area contributed by atoms with Gasteiger partial charge in [0.2, 0.25) is 0 Å². The van der Waals surface area contributed by atoms with Crippen LogP contribution in [0.3, 0.4) is 0 Å². The fourth-order valence-electron chi connectivity index (χ4n) is 3.76. The smallest absolute Gasteiger partial charge is 0.266 e. The fourth-order valence-corrected chi connectivity index (χ4v) is 3.76. The molecule has 1 spiro atoms. The minimum Gasteiger partial charge on any atom is -0.298 e. The Bertz CT molecular complexity index is 618. The first-order valence-corrected chi connectivity index (χ1v) is 9.11. The lowest BCUT2D eigenvalue weighted by Crippen LogP contribution is -2.33. The number of rotatable bonds is 9. The highest BCUT2D eigenvalue weighted by molar-refractivity contribution is 6.01. The third-order valence-electron chi connectivity index (χ3n) is 5.24. The Morgan fingerprint density at radius 2 is 1.96 bits per heavy atom. The number of hydrazine groups is 1. The molecule has 4 atom stereocenters. The molecule has 24 heavy (non-hydrogen) atoms. The van der Waals surface area contributed by atoms with Gasteiger partial charge in [-0.2, -0.15) is 5.01 Å². The highest BCUT2D eigenvalue weighted by Crippen LogP contribution is 2.53. The maximum atomic E-state index is 12.6. The van der Waals surface area contributed by atoms with Crippen LogP contribution in [-0.4, -0.2) is 34.9 Å². The second-order valence-corrected chi connectivity index (χ2v) is 6.84. The SMILES string of the molecule is CCCC[C@H]1N[C@@]12[C@@H](CCCC)N2NC(=O)c1ccccc1C=O. The topological polar surface area (TPSA) is 71.1 Å². The van der Waals surface area contributed by atoms with E-state index in [4.69, 9.17) is 0 Å². The molecule has 1 aromatic rings. The standard InChI is InChI=1S/C19H27N3O2/c1-3-5-11-16-19(20-16)17(12-6-4-2)22(19)21-18(24)15-10-8-7-9-14(15)13-23/h7-10,13,16-17,20H,3-6,11-12H2,1-2H3,(H,21,24)/t16-,17-,19+,22?/m1/s1. The van der Waals surface area contributed by atoms with Crippen molar-refractivity contribution in [3.8, 4) is 0 Å². The first-order valence-electron chi connectivity index (χ1n) is 9.11. The molecule has 3 rings (SSSR count). The molecule has 130 valence electrons. The van der Waals surface area contributed by atoms with Gasteiger partial charge in [0.15, 0.2) is 6.29 Å². The number of hydrogen-bond acceptors (Lipinski definition) is 4. The highest BCUT2D eigenvalue weighted by Gasteiger charge is 2.77. The summed E-state index contributed by atoms with van der Waals surface area (Å²) in [6.07, 6.45) is 7.68. The summed E-state index contributed by atoms with van der Waals surface area (Å²) < 4.78 is 0. The Morgan fingerprint density at radius 3 is 2.67 bits per heavy atom. The van der Waals surface area contributed by atoms with Crippen LogP contribution in [0.2, 0.25) is 0 Å². The second-order valence-electron chi connectivity index (χ2n) is 6.84. The molecule has 1 aromatic carbocycles. The van der Waals surface area contributed by atoms with Crippen LogP contribution in [0.1, 0.15) is 73.1 Å². The number of nitrogens with zero attached hydrogens (tertiary/aromatic N) is 1. The van der Waals surface area contributed by atoms with Gasteiger partial charge < -0.3 is 0 Å². The molecule has 5 nitrogen and oxygen atoms in total. The maximum Gasteiger partial charge on any atom is 0.266 e. The van der Waals surface area contributed by atoms with Crippen LogP contribution in [0.4, 0.5) is 0 Å². The van der Waals surface area contributed by atoms with Crippen molar-refractivity contribution in [3.63, 3.8) is 0 Å². The van der Waals surface area contributed by atoms with Crippen LogP contribution < -0.4 is 10.7 Å². The summed E-state index contributed by atoms with van der Waals surface area (Å²) >= 11 is 0. The van der Waals surface area contributed by atoms with Gasteiger partial charge in [0.05, 0.1) is 11.6 Å². The number of benzene rings is 1. The predicted molar refractivity (Wildman–Crippen MR) is 93.6 cm³/mol. The van der Waals surface area contributed by atoms with E-state index in [2.05, 4.69) is 29.6 Å². The average Bonchev–Trinajstić information content (AvgIpc) is 3.48. The Kier molecular flexibility index (Phi) is 5.01. The fraction of sp³-hybridized carbons (Fsp3) is 0.579. The van der Waals surface area contributed by atoms with E-state index in [1.54, 1.807) is 24.3 Å². The number of carbonyl (C=O) groups is 2. The molecule has 0 radical (unpaired) electrons. The van der Waals surface area contributed by atoms with Crippen molar-refractivity contribution in [2.24, 2.45) is 0 Å². The van der Waals surface area contributed by atoms with Crippen LogP contribution in [-0.2, 0) is 0 Å². The van der Waals surface area contributed by atoms with Crippen molar-refractivity contribution >= 4 is 12.2 Å². The van der Waals surface area contributed by atoms with E-state index < -0.39 is 0 Å². The lowest BCUT2D eigenvalue weighted by molar-refractivity contribution is 0.0874. The van der Waals surface area contributed by atoms with E-state index in [0.29, 0.717) is 23.2 Å². The van der Waals surface area contributed by atoms with Gasteiger partial charge in [-0.05, 0) is 18.9 Å². The van der Waals surface area contributed by atoms with Gasteiger partial charge in [-0.15, -0.1) is 0 Å². The number of carbonyl (C=O) groups excluding carboxylic acids is 2. The highest BCUT2D eigenvalue weighted by atomic mass is 16.2. The normalized spacial score (nSPS) is 30.2. The van der Waals surface area contributed by atoms with E-state index in [1.807, 2.05) is 0 Å². The van der Waals surface area contributed by atoms with E-state index in [9.17, 15) is 9.59 Å². The van der Waals surface area contributed by atoms with Crippen LogP contribution in [0.5, 0.6) is 0 Å². The molecule has 2 saturated heterocycles. The Hall–Kier alpha value is -1.72. The summed E-state index contributed by atoms with van der Waals surface area (Å²) in [6.45, 7) is 4.39. The Labute approximate surface area is 143 Å². The molecular formula is C19H27N3O2. The first-order chi connectivity index (χ1) is 11.7.